The van der Waals surface area contributed by atoms with E-state index in [0.717, 1.165) is 17.0 Å². The molecular formula is C15H14N2O2. The van der Waals surface area contributed by atoms with E-state index in [9.17, 15) is 0 Å². The molecule has 0 amide bonds. The number of hydrogen-bond acceptors (Lipinski definition) is 3. The van der Waals surface area contributed by atoms with E-state index in [2.05, 4.69) is 4.99 Å². The molecule has 0 saturated carbocycles. The first-order valence-electron chi connectivity index (χ1n) is 6.12. The van der Waals surface area contributed by atoms with Crippen molar-refractivity contribution in [2.45, 2.75) is 0 Å². The van der Waals surface area contributed by atoms with Crippen molar-refractivity contribution in [2.24, 2.45) is 10.7 Å². The van der Waals surface area contributed by atoms with E-state index in [4.69, 9.17) is 15.2 Å². The molecule has 0 saturated heterocycles. The lowest BCUT2D eigenvalue weighted by Crippen LogP contribution is -2.15. The van der Waals surface area contributed by atoms with Crippen LogP contribution in [-0.4, -0.2) is 19.0 Å². The summed E-state index contributed by atoms with van der Waals surface area (Å²) >= 11 is 0. The number of benzene rings is 2. The molecule has 0 atom stereocenters. The predicted molar refractivity (Wildman–Crippen MR) is 74.3 cm³/mol. The lowest BCUT2D eigenvalue weighted by molar-refractivity contribution is 0.171. The van der Waals surface area contributed by atoms with Gasteiger partial charge in [0.05, 0.1) is 5.69 Å². The highest BCUT2D eigenvalue weighted by atomic mass is 16.6. The first-order chi connectivity index (χ1) is 9.33. The minimum Gasteiger partial charge on any atom is -0.486 e. The number of nitrogens with two attached hydrogens (primary N) is 1. The molecule has 2 aromatic carbocycles. The monoisotopic (exact) mass is 254 g/mol. The Balaban J connectivity index is 1.91. The van der Waals surface area contributed by atoms with Gasteiger partial charge < -0.3 is 15.2 Å². The highest BCUT2D eigenvalue weighted by Crippen LogP contribution is 2.33. The van der Waals surface area contributed by atoms with Crippen molar-refractivity contribution in [3.8, 4) is 11.5 Å². The fourth-order valence-electron chi connectivity index (χ4n) is 1.91. The van der Waals surface area contributed by atoms with Gasteiger partial charge in [0, 0.05) is 11.6 Å². The largest absolute Gasteiger partial charge is 0.486 e. The Hall–Kier alpha value is -2.49. The second-order valence-corrected chi connectivity index (χ2v) is 4.19. The van der Waals surface area contributed by atoms with Crippen LogP contribution in [0, 0.1) is 0 Å². The van der Waals surface area contributed by atoms with Crippen LogP contribution >= 0.6 is 0 Å². The van der Waals surface area contributed by atoms with Crippen molar-refractivity contribution in [1.29, 1.82) is 0 Å². The van der Waals surface area contributed by atoms with Gasteiger partial charge in [0.15, 0.2) is 11.5 Å². The Morgan fingerprint density at radius 2 is 1.68 bits per heavy atom. The Morgan fingerprint density at radius 1 is 0.947 bits per heavy atom. The molecule has 2 N–H and O–H groups in total. The van der Waals surface area contributed by atoms with Gasteiger partial charge in [-0.3, -0.25) is 0 Å². The number of rotatable bonds is 2. The highest BCUT2D eigenvalue weighted by molar-refractivity contribution is 5.99. The second kappa shape index (κ2) is 5.02. The van der Waals surface area contributed by atoms with Crippen LogP contribution in [0.15, 0.2) is 53.5 Å². The smallest absolute Gasteiger partial charge is 0.163 e. The number of fused-ring (bicyclic) bond motifs is 1. The van der Waals surface area contributed by atoms with Crippen LogP contribution in [0.4, 0.5) is 5.69 Å². The van der Waals surface area contributed by atoms with Crippen molar-refractivity contribution in [3.63, 3.8) is 0 Å². The first kappa shape index (κ1) is 11.6. The van der Waals surface area contributed by atoms with Gasteiger partial charge in [-0.2, -0.15) is 0 Å². The highest BCUT2D eigenvalue weighted by Gasteiger charge is 2.11. The fraction of sp³-hybridized carbons (Fsp3) is 0.133. The third kappa shape index (κ3) is 2.52. The number of hydrogen-bond donors (Lipinski definition) is 1. The molecule has 0 aliphatic carbocycles. The van der Waals surface area contributed by atoms with Crippen molar-refractivity contribution in [1.82, 2.24) is 0 Å². The Labute approximate surface area is 111 Å². The SMILES string of the molecule is NC(=Nc1ccc2c(c1)OCCO2)c1ccccc1. The summed E-state index contributed by atoms with van der Waals surface area (Å²) < 4.78 is 11.0. The molecule has 1 aliphatic heterocycles. The van der Waals surface area contributed by atoms with Crippen LogP contribution in [0.3, 0.4) is 0 Å². The molecular weight excluding hydrogens is 240 g/mol. The summed E-state index contributed by atoms with van der Waals surface area (Å²) in [6.07, 6.45) is 0. The molecule has 0 bridgehead atoms. The van der Waals surface area contributed by atoms with Crippen LogP contribution in [0.25, 0.3) is 0 Å². The molecule has 2 aromatic rings. The van der Waals surface area contributed by atoms with Gasteiger partial charge in [0.1, 0.15) is 19.0 Å². The number of aliphatic imine (C=N–C) groups is 1. The molecule has 4 nitrogen and oxygen atoms in total. The van der Waals surface area contributed by atoms with Crippen molar-refractivity contribution < 1.29 is 9.47 Å². The van der Waals surface area contributed by atoms with Crippen LogP contribution < -0.4 is 15.2 Å². The van der Waals surface area contributed by atoms with Gasteiger partial charge in [-0.05, 0) is 12.1 Å². The summed E-state index contributed by atoms with van der Waals surface area (Å²) in [6.45, 7) is 1.15. The molecule has 96 valence electrons. The molecule has 0 radical (unpaired) electrons. The molecule has 0 unspecified atom stereocenters. The van der Waals surface area contributed by atoms with Crippen molar-refractivity contribution in [3.05, 3.63) is 54.1 Å². The van der Waals surface area contributed by atoms with Crippen LogP contribution in [0.2, 0.25) is 0 Å². The molecule has 1 aliphatic rings. The fourth-order valence-corrected chi connectivity index (χ4v) is 1.91. The summed E-state index contributed by atoms with van der Waals surface area (Å²) in [4.78, 5) is 4.40. The number of nitrogens with zero attached hydrogens (tertiary/aromatic N) is 1. The van der Waals surface area contributed by atoms with Gasteiger partial charge in [-0.1, -0.05) is 30.3 Å². The van der Waals surface area contributed by atoms with E-state index in [0.29, 0.717) is 24.8 Å². The van der Waals surface area contributed by atoms with E-state index in [1.54, 1.807) is 0 Å². The van der Waals surface area contributed by atoms with E-state index in [-0.39, 0.29) is 0 Å². The quantitative estimate of drug-likeness (QED) is 0.661. The summed E-state index contributed by atoms with van der Waals surface area (Å²) in [6, 6.07) is 15.2. The average Bonchev–Trinajstić information content (AvgIpc) is 2.48. The lowest BCUT2D eigenvalue weighted by atomic mass is 10.2. The molecule has 4 heteroatoms. The van der Waals surface area contributed by atoms with Crippen molar-refractivity contribution in [2.75, 3.05) is 13.2 Å². The van der Waals surface area contributed by atoms with E-state index < -0.39 is 0 Å². The maximum Gasteiger partial charge on any atom is 0.163 e. The number of ether oxygens (including phenoxy) is 2. The first-order valence-corrected chi connectivity index (χ1v) is 6.12. The van der Waals surface area contributed by atoms with Gasteiger partial charge in [-0.15, -0.1) is 0 Å². The Bertz CT molecular complexity index is 609. The van der Waals surface area contributed by atoms with Crippen molar-refractivity contribution >= 4 is 11.5 Å². The normalized spacial score (nSPS) is 14.2. The van der Waals surface area contributed by atoms with Crippen LogP contribution in [-0.2, 0) is 0 Å². The minimum atomic E-state index is 0.484. The van der Waals surface area contributed by atoms with E-state index >= 15 is 0 Å². The molecule has 19 heavy (non-hydrogen) atoms. The summed E-state index contributed by atoms with van der Waals surface area (Å²) in [5.74, 6) is 1.95. The molecule has 1 heterocycles. The summed E-state index contributed by atoms with van der Waals surface area (Å²) in [7, 11) is 0. The molecule has 0 fully saturated rings. The van der Waals surface area contributed by atoms with Gasteiger partial charge in [0.25, 0.3) is 0 Å². The second-order valence-electron chi connectivity index (χ2n) is 4.19. The maximum atomic E-state index is 5.98. The van der Waals surface area contributed by atoms with Crippen LogP contribution in [0.1, 0.15) is 5.56 Å². The third-order valence-electron chi connectivity index (χ3n) is 2.84. The van der Waals surface area contributed by atoms with Gasteiger partial charge in [-0.25, -0.2) is 4.99 Å². The lowest BCUT2D eigenvalue weighted by Gasteiger charge is -2.18. The number of amidine groups is 1. The van der Waals surface area contributed by atoms with Gasteiger partial charge >= 0.3 is 0 Å². The minimum absolute atomic E-state index is 0.484. The Morgan fingerprint density at radius 3 is 2.47 bits per heavy atom. The van der Waals surface area contributed by atoms with Crippen LogP contribution in [0.5, 0.6) is 11.5 Å². The summed E-state index contributed by atoms with van der Waals surface area (Å²) in [5.41, 5.74) is 7.64. The third-order valence-corrected chi connectivity index (χ3v) is 2.84. The summed E-state index contributed by atoms with van der Waals surface area (Å²) in [5, 5.41) is 0. The van der Waals surface area contributed by atoms with Gasteiger partial charge in [0.2, 0.25) is 0 Å². The molecule has 3 rings (SSSR count). The maximum absolute atomic E-state index is 5.98. The zero-order chi connectivity index (χ0) is 13.1. The standard InChI is InChI=1S/C15H14N2O2/c16-15(11-4-2-1-3-5-11)17-12-6-7-13-14(10-12)19-9-8-18-13/h1-7,10H,8-9H2,(H2,16,17). The Kier molecular flexibility index (Phi) is 3.06. The zero-order valence-corrected chi connectivity index (χ0v) is 10.4. The topological polar surface area (TPSA) is 56.8 Å². The van der Waals surface area contributed by atoms with E-state index in [1.165, 1.54) is 0 Å². The molecule has 0 spiro atoms. The average molecular weight is 254 g/mol. The predicted octanol–water partition coefficient (Wildman–Crippen LogP) is 2.49. The zero-order valence-electron chi connectivity index (χ0n) is 10.4. The molecule has 0 aromatic heterocycles. The van der Waals surface area contributed by atoms with E-state index in [1.807, 2.05) is 48.5 Å².